The topological polar surface area (TPSA) is 137 Å². The Bertz CT molecular complexity index is 2190. The van der Waals surface area contributed by atoms with E-state index in [9.17, 15) is 19.2 Å². The maximum Gasteiger partial charge on any atom is 0.407 e. The monoisotopic (exact) mass is 784 g/mol. The summed E-state index contributed by atoms with van der Waals surface area (Å²) in [6.45, 7) is 9.14. The SMILES string of the molecule is COC(=O)NC(C(=O)N1CCCC1c1ncc(-c2ccc(-c3ccc(-c4cccc(NC(=O)C5CCCN5C(=O)CC(C)C)c4)c4c3C3CCC4C3)cc2)[nH]1)C(C)C. The smallest absolute Gasteiger partial charge is 0.407 e. The first-order chi connectivity index (χ1) is 28.0. The zero-order valence-electron chi connectivity index (χ0n) is 34.3. The number of ether oxygens (including phenoxy) is 1. The van der Waals surface area contributed by atoms with Crippen molar-refractivity contribution in [1.29, 1.82) is 0 Å². The lowest BCUT2D eigenvalue weighted by Crippen LogP contribution is -2.51. The number of alkyl carbamates (subject to hydrolysis) is 1. The first kappa shape index (κ1) is 39.4. The molecule has 2 bridgehead atoms. The predicted molar refractivity (Wildman–Crippen MR) is 225 cm³/mol. The summed E-state index contributed by atoms with van der Waals surface area (Å²) in [5.74, 6) is 1.77. The molecule has 1 saturated carbocycles. The van der Waals surface area contributed by atoms with E-state index in [1.54, 1.807) is 4.90 Å². The van der Waals surface area contributed by atoms with Crippen molar-refractivity contribution in [3.63, 3.8) is 0 Å². The summed E-state index contributed by atoms with van der Waals surface area (Å²) in [7, 11) is 1.30. The molecule has 4 aliphatic rings. The molecular formula is C47H56N6O5. The van der Waals surface area contributed by atoms with E-state index in [4.69, 9.17) is 9.72 Å². The third-order valence-electron chi connectivity index (χ3n) is 12.8. The van der Waals surface area contributed by atoms with Crippen LogP contribution in [-0.4, -0.2) is 75.9 Å². The molecule has 304 valence electrons. The van der Waals surface area contributed by atoms with E-state index in [-0.39, 0.29) is 35.6 Å². The van der Waals surface area contributed by atoms with E-state index >= 15 is 0 Å². The molecule has 1 aromatic heterocycles. The van der Waals surface area contributed by atoms with Gasteiger partial charge in [0, 0.05) is 25.2 Å². The second kappa shape index (κ2) is 16.4. The van der Waals surface area contributed by atoms with Gasteiger partial charge in [-0.2, -0.15) is 0 Å². The molecule has 4 aromatic rings. The Kier molecular flexibility index (Phi) is 11.2. The van der Waals surface area contributed by atoms with Gasteiger partial charge >= 0.3 is 6.09 Å². The predicted octanol–water partition coefficient (Wildman–Crippen LogP) is 8.80. The normalized spacial score (nSPS) is 21.4. The van der Waals surface area contributed by atoms with E-state index in [1.807, 2.05) is 50.9 Å². The summed E-state index contributed by atoms with van der Waals surface area (Å²) in [5.41, 5.74) is 10.4. The third-order valence-corrected chi connectivity index (χ3v) is 12.8. The molecule has 2 saturated heterocycles. The van der Waals surface area contributed by atoms with Crippen LogP contribution in [0, 0.1) is 11.8 Å². The Hall–Kier alpha value is -5.45. The summed E-state index contributed by atoms with van der Waals surface area (Å²) in [6, 6.07) is 20.1. The summed E-state index contributed by atoms with van der Waals surface area (Å²) in [5, 5.41) is 5.87. The van der Waals surface area contributed by atoms with Crippen molar-refractivity contribution >= 4 is 29.5 Å². The zero-order chi connectivity index (χ0) is 40.7. The molecule has 3 heterocycles. The van der Waals surface area contributed by atoms with Crippen LogP contribution in [0.5, 0.6) is 0 Å². The minimum absolute atomic E-state index is 0.0612. The van der Waals surface area contributed by atoms with Crippen molar-refractivity contribution in [2.24, 2.45) is 11.8 Å². The molecule has 58 heavy (non-hydrogen) atoms. The van der Waals surface area contributed by atoms with Crippen molar-refractivity contribution in [3.05, 3.63) is 83.8 Å². The van der Waals surface area contributed by atoms with Gasteiger partial charge in [-0.05, 0) is 120 Å². The molecule has 2 aliphatic heterocycles. The standard InChI is InChI=1S/C47H56N6O5/c1-27(2)23-40(54)52-21-8-12-39(52)45(55)49-34-10-6-9-31(25-34)36-20-19-35(41-32-17-18-33(24-32)42(36)41)29-13-15-30(16-14-29)37-26-48-44(50-37)38-11-7-22-53(38)46(56)43(28(3)4)51-47(57)58-5/h6,9-10,13-16,19-20,25-28,32-33,38-39,43H,7-8,11-12,17-18,21-24H2,1-5H3,(H,48,50)(H,49,55)(H,51,57). The van der Waals surface area contributed by atoms with E-state index in [1.165, 1.54) is 54.2 Å². The number of anilines is 1. The molecular weight excluding hydrogens is 729 g/mol. The fourth-order valence-corrected chi connectivity index (χ4v) is 9.99. The Balaban J connectivity index is 1.00. The average Bonchev–Trinajstić information content (AvgIpc) is 4.08. The number of rotatable bonds is 11. The van der Waals surface area contributed by atoms with Gasteiger partial charge in [0.05, 0.1) is 25.0 Å². The van der Waals surface area contributed by atoms with Crippen LogP contribution in [0.3, 0.4) is 0 Å². The molecule has 3 N–H and O–H groups in total. The molecule has 0 spiro atoms. The Morgan fingerprint density at radius 2 is 1.50 bits per heavy atom. The number of nitrogens with one attached hydrogen (secondary N) is 3. The number of carbonyl (C=O) groups is 4. The van der Waals surface area contributed by atoms with Crippen LogP contribution in [0.2, 0.25) is 0 Å². The first-order valence-corrected chi connectivity index (χ1v) is 21.2. The van der Waals surface area contributed by atoms with Crippen LogP contribution in [0.4, 0.5) is 10.5 Å². The largest absolute Gasteiger partial charge is 0.453 e. The number of likely N-dealkylation sites (tertiary alicyclic amines) is 2. The van der Waals surface area contributed by atoms with E-state index in [0.717, 1.165) is 47.6 Å². The van der Waals surface area contributed by atoms with Crippen LogP contribution in [0.25, 0.3) is 33.5 Å². The molecule has 4 amide bonds. The number of aromatic amines is 1. The van der Waals surface area contributed by atoms with Crippen LogP contribution in [0.15, 0.2) is 66.9 Å². The molecule has 2 aliphatic carbocycles. The molecule has 3 aromatic carbocycles. The van der Waals surface area contributed by atoms with E-state index < -0.39 is 18.2 Å². The highest BCUT2D eigenvalue weighted by Crippen LogP contribution is 2.58. The number of hydrogen-bond donors (Lipinski definition) is 3. The van der Waals surface area contributed by atoms with Gasteiger partial charge in [-0.25, -0.2) is 9.78 Å². The van der Waals surface area contributed by atoms with Gasteiger partial charge < -0.3 is 30.2 Å². The Morgan fingerprint density at radius 1 is 0.828 bits per heavy atom. The lowest BCUT2D eigenvalue weighted by atomic mass is 9.81. The summed E-state index contributed by atoms with van der Waals surface area (Å²) in [6.07, 6.45) is 8.44. The number of aromatic nitrogens is 2. The van der Waals surface area contributed by atoms with Gasteiger partial charge in [0.1, 0.15) is 17.9 Å². The fraction of sp³-hybridized carbons (Fsp3) is 0.468. The number of nitrogens with zero attached hydrogens (tertiary/aromatic N) is 3. The lowest BCUT2D eigenvalue weighted by Gasteiger charge is -2.30. The zero-order valence-corrected chi connectivity index (χ0v) is 34.3. The first-order valence-electron chi connectivity index (χ1n) is 21.2. The molecule has 3 fully saturated rings. The summed E-state index contributed by atoms with van der Waals surface area (Å²) < 4.78 is 4.79. The van der Waals surface area contributed by atoms with E-state index in [2.05, 4.69) is 64.1 Å². The van der Waals surface area contributed by atoms with Crippen molar-refractivity contribution in [1.82, 2.24) is 25.1 Å². The minimum Gasteiger partial charge on any atom is -0.453 e. The van der Waals surface area contributed by atoms with Gasteiger partial charge in [-0.15, -0.1) is 0 Å². The van der Waals surface area contributed by atoms with Gasteiger partial charge in [0.25, 0.3) is 0 Å². The molecule has 8 rings (SSSR count). The van der Waals surface area contributed by atoms with Gasteiger partial charge in [0.2, 0.25) is 17.7 Å². The summed E-state index contributed by atoms with van der Waals surface area (Å²) >= 11 is 0. The minimum atomic E-state index is -0.681. The number of hydrogen-bond acceptors (Lipinski definition) is 6. The molecule has 5 unspecified atom stereocenters. The number of amides is 4. The Labute approximate surface area is 341 Å². The van der Waals surface area contributed by atoms with Crippen molar-refractivity contribution in [2.45, 2.75) is 109 Å². The van der Waals surface area contributed by atoms with Crippen molar-refractivity contribution in [2.75, 3.05) is 25.5 Å². The van der Waals surface area contributed by atoms with Crippen LogP contribution < -0.4 is 10.6 Å². The fourth-order valence-electron chi connectivity index (χ4n) is 9.99. The van der Waals surface area contributed by atoms with Crippen molar-refractivity contribution in [3.8, 4) is 33.5 Å². The lowest BCUT2D eigenvalue weighted by molar-refractivity contribution is -0.137. The van der Waals surface area contributed by atoms with Crippen LogP contribution in [0.1, 0.15) is 114 Å². The number of methoxy groups -OCH3 is 1. The number of H-pyrrole nitrogens is 1. The van der Waals surface area contributed by atoms with Crippen LogP contribution >= 0.6 is 0 Å². The highest BCUT2D eigenvalue weighted by molar-refractivity contribution is 5.98. The summed E-state index contributed by atoms with van der Waals surface area (Å²) in [4.78, 5) is 63.9. The maximum atomic E-state index is 13.6. The molecule has 0 radical (unpaired) electrons. The van der Waals surface area contributed by atoms with Gasteiger partial charge in [0.15, 0.2) is 0 Å². The second-order valence-electron chi connectivity index (χ2n) is 17.4. The van der Waals surface area contributed by atoms with Gasteiger partial charge in [-0.1, -0.05) is 76.2 Å². The number of fused-ring (bicyclic) bond motifs is 5. The highest BCUT2D eigenvalue weighted by Gasteiger charge is 2.41. The molecule has 11 heteroatoms. The number of carbonyl (C=O) groups excluding carboxylic acids is 4. The number of imidazole rings is 1. The maximum absolute atomic E-state index is 13.6. The van der Waals surface area contributed by atoms with E-state index in [0.29, 0.717) is 37.8 Å². The quantitative estimate of drug-likeness (QED) is 0.139. The second-order valence-corrected chi connectivity index (χ2v) is 17.4. The third kappa shape index (κ3) is 7.63. The number of benzene rings is 3. The van der Waals surface area contributed by atoms with Crippen LogP contribution in [-0.2, 0) is 19.1 Å². The molecule has 11 nitrogen and oxygen atoms in total. The molecule has 5 atom stereocenters. The Morgan fingerprint density at radius 3 is 2.19 bits per heavy atom. The average molecular weight is 785 g/mol. The van der Waals surface area contributed by atoms with Crippen molar-refractivity contribution < 1.29 is 23.9 Å². The highest BCUT2D eigenvalue weighted by atomic mass is 16.5. The van der Waals surface area contributed by atoms with Gasteiger partial charge in [-0.3, -0.25) is 14.4 Å².